The molecule has 8 heteroatoms. The highest BCUT2D eigenvalue weighted by atomic mass is 16.2. The van der Waals surface area contributed by atoms with Crippen molar-refractivity contribution in [2.75, 3.05) is 26.2 Å². The van der Waals surface area contributed by atoms with Crippen molar-refractivity contribution in [3.8, 4) is 11.3 Å². The molecule has 4 saturated heterocycles. The first-order valence-electron chi connectivity index (χ1n) is 13.0. The maximum absolute atomic E-state index is 13.3. The van der Waals surface area contributed by atoms with E-state index in [9.17, 15) is 9.59 Å². The van der Waals surface area contributed by atoms with Crippen molar-refractivity contribution < 1.29 is 9.59 Å². The van der Waals surface area contributed by atoms with E-state index in [0.717, 1.165) is 43.7 Å². The Morgan fingerprint density at radius 2 is 1.77 bits per heavy atom. The first-order chi connectivity index (χ1) is 16.7. The van der Waals surface area contributed by atoms with Crippen molar-refractivity contribution in [1.29, 1.82) is 0 Å². The Kier molecular flexibility index (Phi) is 6.42. The SMILES string of the molecule is CC(C)(C)c1ccc(-c2cn(C[C@H]3C[C@@H]4CCN3C[C@@H]4C(=O)N3CCC(C(N)=O)CC3)nn2)cc1. The van der Waals surface area contributed by atoms with E-state index in [1.807, 2.05) is 15.8 Å². The third-order valence-electron chi connectivity index (χ3n) is 8.39. The average molecular weight is 479 g/mol. The second kappa shape index (κ2) is 9.37. The monoisotopic (exact) mass is 478 g/mol. The molecule has 0 spiro atoms. The third-order valence-corrected chi connectivity index (χ3v) is 8.39. The maximum Gasteiger partial charge on any atom is 0.227 e. The van der Waals surface area contributed by atoms with Gasteiger partial charge in [-0.05, 0) is 49.1 Å². The molecule has 0 saturated carbocycles. The minimum atomic E-state index is -0.235. The molecule has 1 aromatic carbocycles. The number of primary amides is 1. The van der Waals surface area contributed by atoms with Crippen LogP contribution in [0.4, 0.5) is 0 Å². The van der Waals surface area contributed by atoms with E-state index in [4.69, 9.17) is 5.73 Å². The van der Waals surface area contributed by atoms with E-state index in [1.54, 1.807) is 0 Å². The smallest absolute Gasteiger partial charge is 0.227 e. The number of nitrogens with zero attached hydrogens (tertiary/aromatic N) is 5. The van der Waals surface area contributed by atoms with Crippen LogP contribution in [0.25, 0.3) is 11.3 Å². The molecular weight excluding hydrogens is 440 g/mol. The van der Waals surface area contributed by atoms with Crippen LogP contribution < -0.4 is 5.73 Å². The Bertz CT molecular complexity index is 1060. The van der Waals surface area contributed by atoms with E-state index in [0.29, 0.717) is 37.9 Å². The van der Waals surface area contributed by atoms with Gasteiger partial charge in [0.15, 0.2) is 0 Å². The van der Waals surface area contributed by atoms with Crippen LogP contribution in [0.5, 0.6) is 0 Å². The molecule has 5 heterocycles. The quantitative estimate of drug-likeness (QED) is 0.713. The number of fused-ring (bicyclic) bond motifs is 3. The van der Waals surface area contributed by atoms with Crippen molar-refractivity contribution in [2.24, 2.45) is 23.5 Å². The van der Waals surface area contributed by atoms with E-state index in [1.165, 1.54) is 5.56 Å². The highest BCUT2D eigenvalue weighted by Crippen LogP contribution is 2.38. The van der Waals surface area contributed by atoms with E-state index < -0.39 is 0 Å². The maximum atomic E-state index is 13.3. The number of benzene rings is 1. The lowest BCUT2D eigenvalue weighted by molar-refractivity contribution is -0.146. The molecule has 4 fully saturated rings. The molecule has 188 valence electrons. The fourth-order valence-corrected chi connectivity index (χ4v) is 6.10. The molecule has 2 aromatic rings. The molecule has 1 aromatic heterocycles. The Morgan fingerprint density at radius 1 is 1.06 bits per heavy atom. The zero-order valence-electron chi connectivity index (χ0n) is 21.2. The summed E-state index contributed by atoms with van der Waals surface area (Å²) in [4.78, 5) is 29.2. The molecule has 4 atom stereocenters. The molecular formula is C27H38N6O2. The van der Waals surface area contributed by atoms with Crippen LogP contribution in [0.3, 0.4) is 0 Å². The highest BCUT2D eigenvalue weighted by molar-refractivity contribution is 5.81. The van der Waals surface area contributed by atoms with Gasteiger partial charge in [0.25, 0.3) is 0 Å². The molecule has 4 aliphatic heterocycles. The van der Waals surface area contributed by atoms with Gasteiger partial charge >= 0.3 is 0 Å². The lowest BCUT2D eigenvalue weighted by Crippen LogP contribution is -2.59. The first kappa shape index (κ1) is 24.0. The Hall–Kier alpha value is -2.74. The molecule has 2 bridgehead atoms. The summed E-state index contributed by atoms with van der Waals surface area (Å²) in [5.41, 5.74) is 8.87. The molecule has 35 heavy (non-hydrogen) atoms. The summed E-state index contributed by atoms with van der Waals surface area (Å²) in [5, 5.41) is 8.85. The predicted octanol–water partition coefficient (Wildman–Crippen LogP) is 2.68. The summed E-state index contributed by atoms with van der Waals surface area (Å²) in [5.74, 6) is 0.430. The summed E-state index contributed by atoms with van der Waals surface area (Å²) >= 11 is 0. The van der Waals surface area contributed by atoms with Crippen molar-refractivity contribution in [1.82, 2.24) is 24.8 Å². The normalized spacial score (nSPS) is 27.2. The Labute approximate surface area is 207 Å². The number of carbonyl (C=O) groups is 2. The number of likely N-dealkylation sites (tertiary alicyclic amines) is 1. The molecule has 2 amide bonds. The fourth-order valence-electron chi connectivity index (χ4n) is 6.10. The standard InChI is InChI=1S/C27H38N6O2/c1-27(2,3)21-6-4-18(5-7-21)24-17-33(30-29-24)15-22-14-20-10-13-32(22)16-23(20)26(35)31-11-8-19(9-12-31)25(28)34/h4-7,17,19-20,22-23H,8-16H2,1-3H3,(H2,28,34)/t20-,22+,23-/m0/s1. The van der Waals surface area contributed by atoms with Gasteiger partial charge in [-0.1, -0.05) is 50.3 Å². The summed E-state index contributed by atoms with van der Waals surface area (Å²) in [7, 11) is 0. The topological polar surface area (TPSA) is 97.3 Å². The molecule has 4 aliphatic rings. The number of piperidine rings is 4. The summed E-state index contributed by atoms with van der Waals surface area (Å²) < 4.78 is 1.96. The third kappa shape index (κ3) is 4.99. The van der Waals surface area contributed by atoms with Gasteiger partial charge in [0.1, 0.15) is 5.69 Å². The minimum Gasteiger partial charge on any atom is -0.369 e. The number of hydrogen-bond donors (Lipinski definition) is 1. The van der Waals surface area contributed by atoms with E-state index in [2.05, 4.69) is 60.2 Å². The van der Waals surface area contributed by atoms with Gasteiger partial charge in [0.05, 0.1) is 18.7 Å². The zero-order chi connectivity index (χ0) is 24.7. The fraction of sp³-hybridized carbons (Fsp3) is 0.630. The first-order valence-corrected chi connectivity index (χ1v) is 13.0. The Morgan fingerprint density at radius 3 is 2.37 bits per heavy atom. The van der Waals surface area contributed by atoms with Crippen molar-refractivity contribution in [3.63, 3.8) is 0 Å². The van der Waals surface area contributed by atoms with Crippen LogP contribution in [0.2, 0.25) is 0 Å². The number of carbonyl (C=O) groups excluding carboxylic acids is 2. The van der Waals surface area contributed by atoms with Crippen LogP contribution in [0, 0.1) is 17.8 Å². The van der Waals surface area contributed by atoms with Gasteiger partial charge in [0, 0.05) is 37.2 Å². The lowest BCUT2D eigenvalue weighted by Gasteiger charge is -2.50. The van der Waals surface area contributed by atoms with Crippen LogP contribution >= 0.6 is 0 Å². The molecule has 1 unspecified atom stereocenters. The Balaban J connectivity index is 1.19. The molecule has 0 aliphatic carbocycles. The van der Waals surface area contributed by atoms with E-state index >= 15 is 0 Å². The molecule has 2 N–H and O–H groups in total. The number of amides is 2. The molecule has 0 radical (unpaired) electrons. The van der Waals surface area contributed by atoms with Gasteiger partial charge in [-0.25, -0.2) is 0 Å². The van der Waals surface area contributed by atoms with Crippen molar-refractivity contribution >= 4 is 11.8 Å². The van der Waals surface area contributed by atoms with Crippen LogP contribution in [0.15, 0.2) is 30.5 Å². The van der Waals surface area contributed by atoms with Crippen LogP contribution in [-0.4, -0.2) is 68.8 Å². The average Bonchev–Trinajstić information content (AvgIpc) is 3.32. The summed E-state index contributed by atoms with van der Waals surface area (Å²) in [6, 6.07) is 8.99. The van der Waals surface area contributed by atoms with Gasteiger partial charge in [-0.2, -0.15) is 0 Å². The number of hydrogen-bond acceptors (Lipinski definition) is 5. The number of rotatable bonds is 5. The number of nitrogens with two attached hydrogens (primary N) is 1. The predicted molar refractivity (Wildman–Crippen MR) is 134 cm³/mol. The van der Waals surface area contributed by atoms with Crippen molar-refractivity contribution in [2.45, 2.75) is 64.5 Å². The number of aromatic nitrogens is 3. The minimum absolute atomic E-state index is 0.0674. The molecule has 6 rings (SSSR count). The van der Waals surface area contributed by atoms with Crippen LogP contribution in [-0.2, 0) is 21.5 Å². The van der Waals surface area contributed by atoms with Crippen LogP contribution in [0.1, 0.15) is 52.0 Å². The van der Waals surface area contributed by atoms with Gasteiger partial charge < -0.3 is 10.6 Å². The highest BCUT2D eigenvalue weighted by Gasteiger charge is 2.45. The second-order valence-electron chi connectivity index (χ2n) is 11.7. The lowest BCUT2D eigenvalue weighted by atomic mass is 9.74. The summed E-state index contributed by atoms with van der Waals surface area (Å²) in [6.45, 7) is 10.6. The second-order valence-corrected chi connectivity index (χ2v) is 11.7. The van der Waals surface area contributed by atoms with E-state index in [-0.39, 0.29) is 29.1 Å². The zero-order valence-corrected chi connectivity index (χ0v) is 21.2. The summed E-state index contributed by atoms with van der Waals surface area (Å²) in [6.07, 6.45) is 5.52. The van der Waals surface area contributed by atoms with Crippen molar-refractivity contribution in [3.05, 3.63) is 36.0 Å². The van der Waals surface area contributed by atoms with Gasteiger partial charge in [-0.3, -0.25) is 19.2 Å². The largest absolute Gasteiger partial charge is 0.369 e. The van der Waals surface area contributed by atoms with Gasteiger partial charge in [-0.15, -0.1) is 5.10 Å². The van der Waals surface area contributed by atoms with Gasteiger partial charge in [0.2, 0.25) is 11.8 Å². The molecule has 8 nitrogen and oxygen atoms in total.